The van der Waals surface area contributed by atoms with Crippen molar-refractivity contribution in [2.75, 3.05) is 17.2 Å². The fourth-order valence-corrected chi connectivity index (χ4v) is 2.08. The van der Waals surface area contributed by atoms with Crippen LogP contribution in [0.2, 0.25) is 5.02 Å². The van der Waals surface area contributed by atoms with E-state index in [9.17, 15) is 14.9 Å². The Kier molecular flexibility index (Phi) is 6.77. The van der Waals surface area contributed by atoms with Gasteiger partial charge in [-0.2, -0.15) is 5.26 Å². The van der Waals surface area contributed by atoms with Gasteiger partial charge >= 0.3 is 5.97 Å². The molecule has 0 atom stereocenters. The van der Waals surface area contributed by atoms with Gasteiger partial charge in [-0.05, 0) is 55.5 Å². The van der Waals surface area contributed by atoms with Gasteiger partial charge in [0, 0.05) is 22.6 Å². The number of anilines is 2. The van der Waals surface area contributed by atoms with Crippen LogP contribution in [0, 0.1) is 11.3 Å². The molecule has 2 rings (SSSR count). The molecule has 0 aromatic heterocycles. The molecule has 0 aliphatic rings. The molecule has 2 N–H and O–H groups in total. The first-order valence-corrected chi connectivity index (χ1v) is 8.12. The van der Waals surface area contributed by atoms with E-state index in [0.717, 1.165) is 0 Å². The minimum atomic E-state index is -0.550. The first-order chi connectivity index (χ1) is 12.5. The van der Waals surface area contributed by atoms with E-state index in [4.69, 9.17) is 16.3 Å². The average Bonchev–Trinajstić information content (AvgIpc) is 2.65. The Morgan fingerprint density at radius 1 is 1.12 bits per heavy atom. The number of nitrogens with one attached hydrogen (secondary N) is 2. The van der Waals surface area contributed by atoms with Crippen molar-refractivity contribution in [1.29, 1.82) is 5.26 Å². The van der Waals surface area contributed by atoms with Crippen LogP contribution in [0.25, 0.3) is 0 Å². The molecule has 1 amide bonds. The van der Waals surface area contributed by atoms with Crippen molar-refractivity contribution in [3.05, 3.63) is 70.9 Å². The maximum Gasteiger partial charge on any atom is 0.338 e. The lowest BCUT2D eigenvalue weighted by Gasteiger charge is -2.06. The Morgan fingerprint density at radius 3 is 2.31 bits per heavy atom. The van der Waals surface area contributed by atoms with Crippen LogP contribution in [0.4, 0.5) is 11.4 Å². The van der Waals surface area contributed by atoms with E-state index in [-0.39, 0.29) is 5.57 Å². The number of ether oxygens (including phenoxy) is 1. The van der Waals surface area contributed by atoms with E-state index in [2.05, 4.69) is 10.6 Å². The molecule has 0 fully saturated rings. The minimum Gasteiger partial charge on any atom is -0.462 e. The average molecular weight is 370 g/mol. The maximum atomic E-state index is 12.1. The Labute approximate surface area is 156 Å². The summed E-state index contributed by atoms with van der Waals surface area (Å²) in [6.07, 6.45) is 1.30. The van der Waals surface area contributed by atoms with Gasteiger partial charge in [-0.1, -0.05) is 11.6 Å². The SMILES string of the molecule is CCOC(=O)c1ccc(N/C=C(/C#N)C(=O)Nc2ccc(Cl)cc2)cc1. The van der Waals surface area contributed by atoms with Gasteiger partial charge in [0.1, 0.15) is 11.6 Å². The number of amides is 1. The van der Waals surface area contributed by atoms with Gasteiger partial charge in [0.15, 0.2) is 0 Å². The van der Waals surface area contributed by atoms with Crippen molar-refractivity contribution < 1.29 is 14.3 Å². The molecule has 0 aliphatic heterocycles. The van der Waals surface area contributed by atoms with Crippen LogP contribution in [0.1, 0.15) is 17.3 Å². The molecule has 0 aliphatic carbocycles. The van der Waals surface area contributed by atoms with Crippen LogP contribution < -0.4 is 10.6 Å². The highest BCUT2D eigenvalue weighted by Crippen LogP contribution is 2.15. The van der Waals surface area contributed by atoms with Crippen LogP contribution in [0.15, 0.2) is 60.3 Å². The minimum absolute atomic E-state index is 0.102. The van der Waals surface area contributed by atoms with E-state index >= 15 is 0 Å². The number of hydrogen-bond acceptors (Lipinski definition) is 5. The van der Waals surface area contributed by atoms with Gasteiger partial charge in [0.05, 0.1) is 12.2 Å². The molecule has 6 nitrogen and oxygen atoms in total. The third-order valence-corrected chi connectivity index (χ3v) is 3.50. The Hall–Kier alpha value is -3.30. The molecule has 0 spiro atoms. The van der Waals surface area contributed by atoms with Crippen molar-refractivity contribution in [3.63, 3.8) is 0 Å². The smallest absolute Gasteiger partial charge is 0.338 e. The number of nitriles is 1. The zero-order chi connectivity index (χ0) is 18.9. The largest absolute Gasteiger partial charge is 0.462 e. The summed E-state index contributed by atoms with van der Waals surface area (Å²) in [5.74, 6) is -0.958. The van der Waals surface area contributed by atoms with Gasteiger partial charge in [0.25, 0.3) is 5.91 Å². The molecule has 0 heterocycles. The molecule has 0 bridgehead atoms. The highest BCUT2D eigenvalue weighted by atomic mass is 35.5. The highest BCUT2D eigenvalue weighted by Gasteiger charge is 2.10. The molecule has 2 aromatic carbocycles. The lowest BCUT2D eigenvalue weighted by molar-refractivity contribution is -0.112. The summed E-state index contributed by atoms with van der Waals surface area (Å²) >= 11 is 5.79. The normalized spacial score (nSPS) is 10.6. The number of benzene rings is 2. The fourth-order valence-electron chi connectivity index (χ4n) is 1.95. The molecule has 0 radical (unpaired) electrons. The number of carbonyl (C=O) groups excluding carboxylic acids is 2. The molecule has 132 valence electrons. The number of hydrogen-bond donors (Lipinski definition) is 2. The first kappa shape index (κ1) is 19.0. The van der Waals surface area contributed by atoms with Crippen molar-refractivity contribution in [3.8, 4) is 6.07 Å². The second kappa shape index (κ2) is 9.25. The zero-order valence-electron chi connectivity index (χ0n) is 14.0. The van der Waals surface area contributed by atoms with Gasteiger partial charge in [-0.3, -0.25) is 4.79 Å². The molecule has 2 aromatic rings. The summed E-state index contributed by atoms with van der Waals surface area (Å²) in [5.41, 5.74) is 1.46. The van der Waals surface area contributed by atoms with Crippen molar-refractivity contribution >= 4 is 34.9 Å². The van der Waals surface area contributed by atoms with E-state index in [1.54, 1.807) is 55.5 Å². The van der Waals surface area contributed by atoms with E-state index in [0.29, 0.717) is 28.6 Å². The predicted molar refractivity (Wildman–Crippen MR) is 99.8 cm³/mol. The summed E-state index contributed by atoms with van der Waals surface area (Å²) < 4.78 is 4.90. The second-order valence-electron chi connectivity index (χ2n) is 5.07. The predicted octanol–water partition coefficient (Wildman–Crippen LogP) is 3.97. The Bertz CT molecular complexity index is 853. The molecule has 26 heavy (non-hydrogen) atoms. The lowest BCUT2D eigenvalue weighted by atomic mass is 10.2. The van der Waals surface area contributed by atoms with E-state index < -0.39 is 11.9 Å². The summed E-state index contributed by atoms with van der Waals surface area (Å²) in [6, 6.07) is 14.9. The summed E-state index contributed by atoms with van der Waals surface area (Å²) in [4.78, 5) is 23.7. The van der Waals surface area contributed by atoms with Crippen LogP contribution in [-0.4, -0.2) is 18.5 Å². The van der Waals surface area contributed by atoms with Gasteiger partial charge in [-0.25, -0.2) is 4.79 Å². The number of carbonyl (C=O) groups is 2. The van der Waals surface area contributed by atoms with Crippen molar-refractivity contribution in [2.24, 2.45) is 0 Å². The second-order valence-corrected chi connectivity index (χ2v) is 5.51. The highest BCUT2D eigenvalue weighted by molar-refractivity contribution is 6.30. The summed E-state index contributed by atoms with van der Waals surface area (Å²) in [5, 5.41) is 15.2. The van der Waals surface area contributed by atoms with Crippen LogP contribution in [0.3, 0.4) is 0 Å². The number of halogens is 1. The monoisotopic (exact) mass is 369 g/mol. The molecule has 0 unspecified atom stereocenters. The Balaban J connectivity index is 2.02. The molecule has 0 saturated carbocycles. The molecule has 0 saturated heterocycles. The lowest BCUT2D eigenvalue weighted by Crippen LogP contribution is -2.14. The number of rotatable bonds is 6. The fraction of sp³-hybridized carbons (Fsp3) is 0.105. The third kappa shape index (κ3) is 5.36. The van der Waals surface area contributed by atoms with Crippen LogP contribution in [-0.2, 0) is 9.53 Å². The van der Waals surface area contributed by atoms with E-state index in [1.165, 1.54) is 6.20 Å². The maximum absolute atomic E-state index is 12.1. The molecular weight excluding hydrogens is 354 g/mol. The molecule has 7 heteroatoms. The van der Waals surface area contributed by atoms with Gasteiger partial charge < -0.3 is 15.4 Å². The van der Waals surface area contributed by atoms with Gasteiger partial charge in [-0.15, -0.1) is 0 Å². The summed E-state index contributed by atoms with van der Waals surface area (Å²) in [6.45, 7) is 2.03. The van der Waals surface area contributed by atoms with Crippen LogP contribution in [0.5, 0.6) is 0 Å². The quantitative estimate of drug-likeness (QED) is 0.456. The van der Waals surface area contributed by atoms with Crippen molar-refractivity contribution in [1.82, 2.24) is 0 Å². The molecular formula is C19H16ClN3O3. The topological polar surface area (TPSA) is 91.2 Å². The number of nitrogens with zero attached hydrogens (tertiary/aromatic N) is 1. The number of esters is 1. The zero-order valence-corrected chi connectivity index (χ0v) is 14.7. The summed E-state index contributed by atoms with van der Waals surface area (Å²) in [7, 11) is 0. The van der Waals surface area contributed by atoms with Crippen molar-refractivity contribution in [2.45, 2.75) is 6.92 Å². The standard InChI is InChI=1S/C19H16ClN3O3/c1-2-26-19(25)13-3-7-16(8-4-13)22-12-14(11-21)18(24)23-17-9-5-15(20)6-10-17/h3-10,12,22H,2H2,1H3,(H,23,24)/b14-12-. The first-order valence-electron chi connectivity index (χ1n) is 7.74. The Morgan fingerprint density at radius 2 is 1.73 bits per heavy atom. The van der Waals surface area contributed by atoms with E-state index in [1.807, 2.05) is 6.07 Å². The van der Waals surface area contributed by atoms with Crippen LogP contribution >= 0.6 is 11.6 Å². The third-order valence-electron chi connectivity index (χ3n) is 3.25. The van der Waals surface area contributed by atoms with Gasteiger partial charge in [0.2, 0.25) is 0 Å².